The highest BCUT2D eigenvalue weighted by Gasteiger charge is 2.09. The Kier molecular flexibility index (Phi) is 3.49. The lowest BCUT2D eigenvalue weighted by molar-refractivity contribution is 0.130. The Morgan fingerprint density at radius 3 is 3.00 bits per heavy atom. The monoisotopic (exact) mass is 270 g/mol. The zero-order valence-electron chi connectivity index (χ0n) is 9.36. The van der Waals surface area contributed by atoms with Crippen molar-refractivity contribution in [1.82, 2.24) is 4.98 Å². The van der Waals surface area contributed by atoms with Crippen LogP contribution in [0.3, 0.4) is 0 Å². The molecule has 4 nitrogen and oxygen atoms in total. The van der Waals surface area contributed by atoms with Gasteiger partial charge in [-0.1, -0.05) is 22.9 Å². The number of thiazole rings is 1. The Balaban J connectivity index is 2.17. The van der Waals surface area contributed by atoms with Crippen molar-refractivity contribution in [2.45, 2.75) is 20.0 Å². The third-order valence-electron chi connectivity index (χ3n) is 1.90. The number of ether oxygens (including phenoxy) is 1. The van der Waals surface area contributed by atoms with Crippen molar-refractivity contribution in [2.75, 3.05) is 5.32 Å². The maximum atomic E-state index is 11.4. The number of nitrogens with zero attached hydrogens (tertiary/aromatic N) is 1. The molecule has 0 fully saturated rings. The molecular formula is C11H11ClN2O2S. The second-order valence-corrected chi connectivity index (χ2v) is 5.18. The summed E-state index contributed by atoms with van der Waals surface area (Å²) in [6, 6.07) is 5.39. The number of carbonyl (C=O) groups excluding carboxylic acids is 1. The molecular weight excluding hydrogens is 260 g/mol. The van der Waals surface area contributed by atoms with Gasteiger partial charge in [-0.05, 0) is 32.0 Å². The fourth-order valence-electron chi connectivity index (χ4n) is 1.28. The molecule has 0 atom stereocenters. The third-order valence-corrected chi connectivity index (χ3v) is 3.07. The number of anilines is 1. The standard InChI is InChI=1S/C11H11ClN2O2S/c1-6(2)16-11(15)14-10-13-8-4-3-7(12)5-9(8)17-10/h3-6H,1-2H3,(H,13,14,15). The number of fused-ring (bicyclic) bond motifs is 1. The first-order valence-corrected chi connectivity index (χ1v) is 6.28. The molecule has 0 spiro atoms. The third kappa shape index (κ3) is 3.08. The maximum Gasteiger partial charge on any atom is 0.413 e. The lowest BCUT2D eigenvalue weighted by Crippen LogP contribution is -2.17. The van der Waals surface area contributed by atoms with E-state index >= 15 is 0 Å². The summed E-state index contributed by atoms with van der Waals surface area (Å²) in [5, 5.41) is 3.74. The Bertz CT molecular complexity index is 553. The smallest absolute Gasteiger partial charge is 0.413 e. The van der Waals surface area contributed by atoms with Gasteiger partial charge in [0.15, 0.2) is 5.13 Å². The molecule has 2 rings (SSSR count). The van der Waals surface area contributed by atoms with Gasteiger partial charge in [-0.3, -0.25) is 5.32 Å². The van der Waals surface area contributed by atoms with Crippen LogP contribution in [-0.4, -0.2) is 17.2 Å². The zero-order chi connectivity index (χ0) is 12.4. The van der Waals surface area contributed by atoms with Crippen LogP contribution in [0.5, 0.6) is 0 Å². The zero-order valence-corrected chi connectivity index (χ0v) is 10.9. The van der Waals surface area contributed by atoms with Crippen LogP contribution in [0.25, 0.3) is 10.2 Å². The molecule has 1 N–H and O–H groups in total. The van der Waals surface area contributed by atoms with E-state index in [1.807, 2.05) is 12.1 Å². The highest BCUT2D eigenvalue weighted by molar-refractivity contribution is 7.22. The Labute approximate surface area is 108 Å². The van der Waals surface area contributed by atoms with Crippen molar-refractivity contribution in [3.63, 3.8) is 0 Å². The molecule has 0 saturated heterocycles. The van der Waals surface area contributed by atoms with E-state index in [1.54, 1.807) is 19.9 Å². The van der Waals surface area contributed by atoms with Crippen LogP contribution in [0.2, 0.25) is 5.02 Å². The summed E-state index contributed by atoms with van der Waals surface area (Å²) in [5.41, 5.74) is 0.805. The lowest BCUT2D eigenvalue weighted by Gasteiger charge is -2.06. The van der Waals surface area contributed by atoms with Gasteiger partial charge in [0.2, 0.25) is 0 Å². The number of aromatic nitrogens is 1. The van der Waals surface area contributed by atoms with Crippen molar-refractivity contribution >= 4 is 44.4 Å². The molecule has 1 amide bonds. The predicted octanol–water partition coefficient (Wildman–Crippen LogP) is 3.91. The van der Waals surface area contributed by atoms with Crippen LogP contribution in [-0.2, 0) is 4.74 Å². The van der Waals surface area contributed by atoms with Gasteiger partial charge in [-0.25, -0.2) is 9.78 Å². The van der Waals surface area contributed by atoms with Gasteiger partial charge in [0, 0.05) is 5.02 Å². The summed E-state index contributed by atoms with van der Waals surface area (Å²) in [6.07, 6.45) is -0.649. The molecule has 1 aromatic heterocycles. The van der Waals surface area contributed by atoms with Gasteiger partial charge in [-0.15, -0.1) is 0 Å². The van der Waals surface area contributed by atoms with Gasteiger partial charge in [0.05, 0.1) is 16.3 Å². The minimum atomic E-state index is -0.495. The molecule has 90 valence electrons. The Hall–Kier alpha value is -1.33. The molecule has 17 heavy (non-hydrogen) atoms. The summed E-state index contributed by atoms with van der Waals surface area (Å²) in [6.45, 7) is 3.58. The molecule has 6 heteroatoms. The summed E-state index contributed by atoms with van der Waals surface area (Å²) in [5.74, 6) is 0. The minimum Gasteiger partial charge on any atom is -0.447 e. The number of carbonyl (C=O) groups is 1. The van der Waals surface area contributed by atoms with Crippen LogP contribution < -0.4 is 5.32 Å². The van der Waals surface area contributed by atoms with Gasteiger partial charge >= 0.3 is 6.09 Å². The highest BCUT2D eigenvalue weighted by atomic mass is 35.5. The van der Waals surface area contributed by atoms with E-state index in [0.29, 0.717) is 10.2 Å². The van der Waals surface area contributed by atoms with Crippen molar-refractivity contribution in [2.24, 2.45) is 0 Å². The van der Waals surface area contributed by atoms with E-state index in [1.165, 1.54) is 11.3 Å². The number of benzene rings is 1. The fourth-order valence-corrected chi connectivity index (χ4v) is 2.41. The number of hydrogen-bond acceptors (Lipinski definition) is 4. The maximum absolute atomic E-state index is 11.4. The van der Waals surface area contributed by atoms with Crippen LogP contribution >= 0.6 is 22.9 Å². The van der Waals surface area contributed by atoms with E-state index in [0.717, 1.165) is 10.2 Å². The molecule has 0 unspecified atom stereocenters. The van der Waals surface area contributed by atoms with Gasteiger partial charge < -0.3 is 4.74 Å². The molecule has 0 aliphatic heterocycles. The van der Waals surface area contributed by atoms with E-state index in [4.69, 9.17) is 16.3 Å². The average molecular weight is 271 g/mol. The van der Waals surface area contributed by atoms with Crippen molar-refractivity contribution < 1.29 is 9.53 Å². The Morgan fingerprint density at radius 1 is 1.53 bits per heavy atom. The van der Waals surface area contributed by atoms with Gasteiger partial charge in [-0.2, -0.15) is 0 Å². The van der Waals surface area contributed by atoms with Crippen LogP contribution in [0.1, 0.15) is 13.8 Å². The molecule has 1 aromatic carbocycles. The minimum absolute atomic E-state index is 0.154. The summed E-state index contributed by atoms with van der Waals surface area (Å²) < 4.78 is 5.89. The molecule has 0 aliphatic rings. The number of rotatable bonds is 2. The van der Waals surface area contributed by atoms with Crippen LogP contribution in [0.15, 0.2) is 18.2 Å². The van der Waals surface area contributed by atoms with E-state index < -0.39 is 6.09 Å². The van der Waals surface area contributed by atoms with E-state index in [9.17, 15) is 4.79 Å². The SMILES string of the molecule is CC(C)OC(=O)Nc1nc2ccc(Cl)cc2s1. The molecule has 0 aliphatic carbocycles. The quantitative estimate of drug-likeness (QED) is 0.900. The number of hydrogen-bond donors (Lipinski definition) is 1. The van der Waals surface area contributed by atoms with Crippen molar-refractivity contribution in [3.8, 4) is 0 Å². The fraction of sp³-hybridized carbons (Fsp3) is 0.273. The first kappa shape index (κ1) is 12.1. The molecule has 2 aromatic rings. The summed E-state index contributed by atoms with van der Waals surface area (Å²) >= 11 is 7.23. The highest BCUT2D eigenvalue weighted by Crippen LogP contribution is 2.28. The van der Waals surface area contributed by atoms with Gasteiger partial charge in [0.1, 0.15) is 0 Å². The molecule has 1 heterocycles. The van der Waals surface area contributed by atoms with Gasteiger partial charge in [0.25, 0.3) is 0 Å². The lowest BCUT2D eigenvalue weighted by atomic mass is 10.3. The normalized spacial score (nSPS) is 10.8. The number of halogens is 1. The topological polar surface area (TPSA) is 51.2 Å². The van der Waals surface area contributed by atoms with Crippen LogP contribution in [0, 0.1) is 0 Å². The predicted molar refractivity (Wildman–Crippen MR) is 69.9 cm³/mol. The molecule has 0 bridgehead atoms. The first-order valence-electron chi connectivity index (χ1n) is 5.08. The number of amides is 1. The average Bonchev–Trinajstić information content (AvgIpc) is 2.57. The van der Waals surface area contributed by atoms with E-state index in [-0.39, 0.29) is 6.10 Å². The largest absolute Gasteiger partial charge is 0.447 e. The van der Waals surface area contributed by atoms with Crippen molar-refractivity contribution in [1.29, 1.82) is 0 Å². The summed E-state index contributed by atoms with van der Waals surface area (Å²) in [4.78, 5) is 15.6. The Morgan fingerprint density at radius 2 is 2.29 bits per heavy atom. The molecule has 0 saturated carbocycles. The van der Waals surface area contributed by atoms with E-state index in [2.05, 4.69) is 10.3 Å². The second kappa shape index (κ2) is 4.89. The van der Waals surface area contributed by atoms with Crippen molar-refractivity contribution in [3.05, 3.63) is 23.2 Å². The summed E-state index contributed by atoms with van der Waals surface area (Å²) in [7, 11) is 0. The van der Waals surface area contributed by atoms with Crippen LogP contribution in [0.4, 0.5) is 9.93 Å². The first-order chi connectivity index (χ1) is 8.04. The second-order valence-electron chi connectivity index (χ2n) is 3.71. The molecule has 0 radical (unpaired) electrons. The number of nitrogens with one attached hydrogen (secondary N) is 1.